The number of sulfonamides is 1. The lowest BCUT2D eigenvalue weighted by atomic mass is 10.1. The topological polar surface area (TPSA) is 84.5 Å². The van der Waals surface area contributed by atoms with Crippen LogP contribution in [0.25, 0.3) is 0 Å². The van der Waals surface area contributed by atoms with Gasteiger partial charge < -0.3 is 10.1 Å². The smallest absolute Gasteiger partial charge is 0.251 e. The molecule has 0 aliphatic heterocycles. The normalized spacial score (nSPS) is 11.0. The highest BCUT2D eigenvalue weighted by molar-refractivity contribution is 7.92. The highest BCUT2D eigenvalue weighted by Gasteiger charge is 2.12. The van der Waals surface area contributed by atoms with Crippen LogP contribution in [-0.4, -0.2) is 27.7 Å². The fourth-order valence-corrected chi connectivity index (χ4v) is 2.66. The first kappa shape index (κ1) is 17.7. The van der Waals surface area contributed by atoms with Gasteiger partial charge in [0.1, 0.15) is 0 Å². The molecule has 0 atom stereocenters. The van der Waals surface area contributed by atoms with Crippen LogP contribution in [0.15, 0.2) is 42.5 Å². The van der Waals surface area contributed by atoms with Gasteiger partial charge in [-0.2, -0.15) is 0 Å². The zero-order valence-corrected chi connectivity index (χ0v) is 14.0. The maximum atomic E-state index is 13.6. The third-order valence-electron chi connectivity index (χ3n) is 3.17. The van der Waals surface area contributed by atoms with Gasteiger partial charge in [0.15, 0.2) is 11.6 Å². The number of hydrogen-bond donors (Lipinski definition) is 2. The molecule has 128 valence electrons. The van der Waals surface area contributed by atoms with E-state index < -0.39 is 21.7 Å². The van der Waals surface area contributed by atoms with Crippen LogP contribution in [0, 0.1) is 5.82 Å². The van der Waals surface area contributed by atoms with Gasteiger partial charge in [-0.1, -0.05) is 18.2 Å². The van der Waals surface area contributed by atoms with E-state index >= 15 is 0 Å². The molecular weight excluding hydrogens is 335 g/mol. The lowest BCUT2D eigenvalue weighted by Gasteiger charge is -2.12. The predicted molar refractivity (Wildman–Crippen MR) is 89.0 cm³/mol. The monoisotopic (exact) mass is 352 g/mol. The average Bonchev–Trinajstić information content (AvgIpc) is 2.52. The Balaban J connectivity index is 2.11. The predicted octanol–water partition coefficient (Wildman–Crippen LogP) is 2.14. The second kappa shape index (κ2) is 7.31. The third kappa shape index (κ3) is 4.69. The summed E-state index contributed by atoms with van der Waals surface area (Å²) in [5.74, 6) is -1.07. The zero-order valence-electron chi connectivity index (χ0n) is 13.2. The van der Waals surface area contributed by atoms with Gasteiger partial charge in [0.05, 0.1) is 19.1 Å². The SMILES string of the molecule is COc1ccc(C(=O)NCc2ccccc2NS(C)(=O)=O)cc1F. The summed E-state index contributed by atoms with van der Waals surface area (Å²) in [6.07, 6.45) is 1.04. The Labute approximate surface area is 139 Å². The molecule has 1 amide bonds. The minimum atomic E-state index is -3.43. The van der Waals surface area contributed by atoms with Crippen LogP contribution >= 0.6 is 0 Å². The van der Waals surface area contributed by atoms with Crippen molar-refractivity contribution in [3.63, 3.8) is 0 Å². The fourth-order valence-electron chi connectivity index (χ4n) is 2.06. The van der Waals surface area contributed by atoms with Crippen molar-refractivity contribution in [1.82, 2.24) is 5.32 Å². The summed E-state index contributed by atoms with van der Waals surface area (Å²) in [5.41, 5.74) is 1.10. The Kier molecular flexibility index (Phi) is 5.40. The molecule has 2 rings (SSSR count). The van der Waals surface area contributed by atoms with Crippen molar-refractivity contribution in [3.8, 4) is 5.75 Å². The molecule has 0 spiro atoms. The van der Waals surface area contributed by atoms with Gasteiger partial charge in [-0.3, -0.25) is 9.52 Å². The number of carbonyl (C=O) groups excluding carboxylic acids is 1. The summed E-state index contributed by atoms with van der Waals surface area (Å²) in [6, 6.07) is 10.6. The van der Waals surface area contributed by atoms with Crippen LogP contribution in [0.2, 0.25) is 0 Å². The average molecular weight is 352 g/mol. The number of carbonyl (C=O) groups is 1. The maximum Gasteiger partial charge on any atom is 0.251 e. The van der Waals surface area contributed by atoms with Crippen LogP contribution in [0.5, 0.6) is 5.75 Å². The van der Waals surface area contributed by atoms with Gasteiger partial charge in [-0.05, 0) is 29.8 Å². The van der Waals surface area contributed by atoms with E-state index in [9.17, 15) is 17.6 Å². The number of amides is 1. The van der Waals surface area contributed by atoms with Gasteiger partial charge in [-0.15, -0.1) is 0 Å². The zero-order chi connectivity index (χ0) is 17.7. The molecule has 8 heteroatoms. The number of para-hydroxylation sites is 1. The van der Waals surface area contributed by atoms with E-state index in [0.717, 1.165) is 12.3 Å². The van der Waals surface area contributed by atoms with Crippen LogP contribution in [0.4, 0.5) is 10.1 Å². The van der Waals surface area contributed by atoms with E-state index in [4.69, 9.17) is 4.74 Å². The summed E-state index contributed by atoms with van der Waals surface area (Å²) in [7, 11) is -2.09. The number of methoxy groups -OCH3 is 1. The van der Waals surface area contributed by atoms with Crippen LogP contribution < -0.4 is 14.8 Å². The summed E-state index contributed by atoms with van der Waals surface area (Å²) in [4.78, 5) is 12.1. The Morgan fingerprint density at radius 1 is 1.21 bits per heavy atom. The molecule has 0 radical (unpaired) electrons. The third-order valence-corrected chi connectivity index (χ3v) is 3.76. The minimum Gasteiger partial charge on any atom is -0.494 e. The van der Waals surface area contributed by atoms with Gasteiger partial charge in [-0.25, -0.2) is 12.8 Å². The fraction of sp³-hybridized carbons (Fsp3) is 0.188. The minimum absolute atomic E-state index is 0.0502. The second-order valence-corrected chi connectivity index (χ2v) is 6.81. The molecule has 0 fully saturated rings. The first-order chi connectivity index (χ1) is 11.3. The molecule has 0 saturated heterocycles. The van der Waals surface area contributed by atoms with E-state index in [-0.39, 0.29) is 17.9 Å². The van der Waals surface area contributed by atoms with Crippen LogP contribution in [0.1, 0.15) is 15.9 Å². The molecule has 24 heavy (non-hydrogen) atoms. The lowest BCUT2D eigenvalue weighted by Crippen LogP contribution is -2.24. The molecule has 0 saturated carbocycles. The highest BCUT2D eigenvalue weighted by atomic mass is 32.2. The number of benzene rings is 2. The lowest BCUT2D eigenvalue weighted by molar-refractivity contribution is 0.0950. The largest absolute Gasteiger partial charge is 0.494 e. The number of ether oxygens (including phenoxy) is 1. The molecule has 0 aromatic heterocycles. The number of rotatable bonds is 6. The van der Waals surface area contributed by atoms with E-state index in [1.165, 1.54) is 19.2 Å². The van der Waals surface area contributed by atoms with Crippen molar-refractivity contribution in [1.29, 1.82) is 0 Å². The molecule has 0 aliphatic rings. The number of halogens is 1. The maximum absolute atomic E-state index is 13.6. The van der Waals surface area contributed by atoms with Crippen molar-refractivity contribution >= 4 is 21.6 Å². The van der Waals surface area contributed by atoms with Crippen molar-refractivity contribution in [2.24, 2.45) is 0 Å². The first-order valence-corrected chi connectivity index (χ1v) is 8.87. The molecule has 2 N–H and O–H groups in total. The van der Waals surface area contributed by atoms with E-state index in [1.807, 2.05) is 0 Å². The first-order valence-electron chi connectivity index (χ1n) is 6.97. The Bertz CT molecular complexity index is 853. The molecule has 0 unspecified atom stereocenters. The molecule has 0 bridgehead atoms. The molecule has 2 aromatic rings. The standard InChI is InChI=1S/C16H17FN2O4S/c1-23-15-8-7-11(9-13(15)17)16(20)18-10-12-5-3-4-6-14(12)19-24(2,21)22/h3-9,19H,10H2,1-2H3,(H,18,20). The van der Waals surface area contributed by atoms with Crippen molar-refractivity contribution < 1.29 is 22.3 Å². The Morgan fingerprint density at radius 2 is 1.92 bits per heavy atom. The van der Waals surface area contributed by atoms with Crippen LogP contribution in [0.3, 0.4) is 0 Å². The molecule has 6 nitrogen and oxygen atoms in total. The van der Waals surface area contributed by atoms with E-state index in [0.29, 0.717) is 11.3 Å². The number of anilines is 1. The second-order valence-electron chi connectivity index (χ2n) is 5.06. The van der Waals surface area contributed by atoms with Gasteiger partial charge in [0.2, 0.25) is 10.0 Å². The van der Waals surface area contributed by atoms with E-state index in [1.54, 1.807) is 24.3 Å². The number of nitrogens with one attached hydrogen (secondary N) is 2. The molecular formula is C16H17FN2O4S. The quantitative estimate of drug-likeness (QED) is 0.834. The van der Waals surface area contributed by atoms with Gasteiger partial charge >= 0.3 is 0 Å². The molecule has 2 aromatic carbocycles. The summed E-state index contributed by atoms with van der Waals surface area (Å²) >= 11 is 0. The number of hydrogen-bond acceptors (Lipinski definition) is 4. The van der Waals surface area contributed by atoms with E-state index in [2.05, 4.69) is 10.0 Å². The van der Waals surface area contributed by atoms with Crippen molar-refractivity contribution in [2.75, 3.05) is 18.1 Å². The van der Waals surface area contributed by atoms with Gasteiger partial charge in [0, 0.05) is 12.1 Å². The summed E-state index contributed by atoms with van der Waals surface area (Å²) in [6.45, 7) is 0.0885. The van der Waals surface area contributed by atoms with Crippen molar-refractivity contribution in [3.05, 3.63) is 59.4 Å². The molecule has 0 aliphatic carbocycles. The Morgan fingerprint density at radius 3 is 2.54 bits per heavy atom. The van der Waals surface area contributed by atoms with Crippen LogP contribution in [-0.2, 0) is 16.6 Å². The Hall–Kier alpha value is -2.61. The summed E-state index contributed by atoms with van der Waals surface area (Å²) in [5, 5.41) is 2.62. The molecule has 0 heterocycles. The van der Waals surface area contributed by atoms with Crippen molar-refractivity contribution in [2.45, 2.75) is 6.54 Å². The highest BCUT2D eigenvalue weighted by Crippen LogP contribution is 2.19. The van der Waals surface area contributed by atoms with Gasteiger partial charge in [0.25, 0.3) is 5.91 Å². The summed E-state index contributed by atoms with van der Waals surface area (Å²) < 4.78 is 43.5.